The summed E-state index contributed by atoms with van der Waals surface area (Å²) in [6.45, 7) is 1.96. The number of ketones is 1. The molecule has 2 rings (SSSR count). The van der Waals surface area contributed by atoms with Crippen molar-refractivity contribution < 1.29 is 14.3 Å². The highest BCUT2D eigenvalue weighted by Gasteiger charge is 2.12. The highest BCUT2D eigenvalue weighted by atomic mass is 35.5. The Morgan fingerprint density at radius 2 is 1.67 bits per heavy atom. The molecule has 0 aliphatic rings. The molecule has 0 unspecified atom stereocenters. The third-order valence-corrected chi connectivity index (χ3v) is 3.58. The first-order chi connectivity index (χ1) is 10.0. The Labute approximate surface area is 129 Å². The van der Waals surface area contributed by atoms with Gasteiger partial charge in [0.1, 0.15) is 11.5 Å². The minimum Gasteiger partial charge on any atom is -0.497 e. The molecule has 0 atom stereocenters. The Kier molecular flexibility index (Phi) is 4.86. The maximum absolute atomic E-state index is 12.4. The fourth-order valence-electron chi connectivity index (χ4n) is 2.04. The average molecular weight is 305 g/mol. The van der Waals surface area contributed by atoms with Gasteiger partial charge in [-0.1, -0.05) is 23.7 Å². The van der Waals surface area contributed by atoms with Crippen LogP contribution in [0.25, 0.3) is 0 Å². The van der Waals surface area contributed by atoms with Crippen molar-refractivity contribution in [1.29, 1.82) is 0 Å². The molecule has 0 N–H and O–H groups in total. The summed E-state index contributed by atoms with van der Waals surface area (Å²) in [6, 6.07) is 10.8. The first kappa shape index (κ1) is 15.4. The number of methoxy groups -OCH3 is 2. The van der Waals surface area contributed by atoms with Crippen molar-refractivity contribution in [3.8, 4) is 11.5 Å². The van der Waals surface area contributed by atoms with Crippen LogP contribution < -0.4 is 9.47 Å². The SMILES string of the molecule is COc1cc(OC)cc(C(=O)Cc2ccc(C)cc2Cl)c1. The van der Waals surface area contributed by atoms with E-state index in [1.54, 1.807) is 32.4 Å². The number of benzene rings is 2. The number of halogens is 1. The van der Waals surface area contributed by atoms with Gasteiger partial charge < -0.3 is 9.47 Å². The lowest BCUT2D eigenvalue weighted by Crippen LogP contribution is -2.05. The number of ether oxygens (including phenoxy) is 2. The molecule has 0 aliphatic heterocycles. The molecule has 0 fully saturated rings. The molecule has 0 saturated heterocycles. The zero-order valence-corrected chi connectivity index (χ0v) is 13.0. The molecule has 3 nitrogen and oxygen atoms in total. The molecule has 21 heavy (non-hydrogen) atoms. The third kappa shape index (κ3) is 3.76. The topological polar surface area (TPSA) is 35.5 Å². The van der Waals surface area contributed by atoms with Crippen molar-refractivity contribution in [3.63, 3.8) is 0 Å². The van der Waals surface area contributed by atoms with Crippen LogP contribution in [-0.2, 0) is 6.42 Å². The molecule has 2 aromatic rings. The van der Waals surface area contributed by atoms with E-state index in [9.17, 15) is 4.79 Å². The molecule has 0 radical (unpaired) electrons. The van der Waals surface area contributed by atoms with Gasteiger partial charge in [0.2, 0.25) is 0 Å². The van der Waals surface area contributed by atoms with Gasteiger partial charge in [0.05, 0.1) is 14.2 Å². The molecular formula is C17H17ClO3. The molecule has 4 heteroatoms. The molecule has 0 amide bonds. The predicted molar refractivity (Wildman–Crippen MR) is 83.8 cm³/mol. The van der Waals surface area contributed by atoms with Crippen LogP contribution in [0, 0.1) is 6.92 Å². The van der Waals surface area contributed by atoms with Crippen molar-refractivity contribution in [1.82, 2.24) is 0 Å². The van der Waals surface area contributed by atoms with Gasteiger partial charge in [-0.3, -0.25) is 4.79 Å². The van der Waals surface area contributed by atoms with E-state index in [0.717, 1.165) is 11.1 Å². The van der Waals surface area contributed by atoms with Crippen molar-refractivity contribution in [2.24, 2.45) is 0 Å². The molecule has 0 heterocycles. The molecule has 0 spiro atoms. The van der Waals surface area contributed by atoms with Crippen LogP contribution in [0.1, 0.15) is 21.5 Å². The Morgan fingerprint density at radius 3 is 2.19 bits per heavy atom. The van der Waals surface area contributed by atoms with E-state index in [-0.39, 0.29) is 12.2 Å². The van der Waals surface area contributed by atoms with Crippen LogP contribution in [0.3, 0.4) is 0 Å². The number of carbonyl (C=O) groups excluding carboxylic acids is 1. The zero-order chi connectivity index (χ0) is 15.4. The summed E-state index contributed by atoms with van der Waals surface area (Å²) in [7, 11) is 3.11. The maximum Gasteiger partial charge on any atom is 0.167 e. The third-order valence-electron chi connectivity index (χ3n) is 3.23. The summed E-state index contributed by atoms with van der Waals surface area (Å²) in [5.41, 5.74) is 2.43. The van der Waals surface area contributed by atoms with Crippen molar-refractivity contribution in [2.45, 2.75) is 13.3 Å². The summed E-state index contributed by atoms with van der Waals surface area (Å²) >= 11 is 6.18. The normalized spacial score (nSPS) is 10.3. The van der Waals surface area contributed by atoms with E-state index in [1.807, 2.05) is 25.1 Å². The van der Waals surface area contributed by atoms with Gasteiger partial charge in [-0.05, 0) is 36.2 Å². The number of rotatable bonds is 5. The highest BCUT2D eigenvalue weighted by molar-refractivity contribution is 6.31. The van der Waals surface area contributed by atoms with Crippen LogP contribution in [-0.4, -0.2) is 20.0 Å². The number of hydrogen-bond donors (Lipinski definition) is 0. The van der Waals surface area contributed by atoms with Gasteiger partial charge in [-0.15, -0.1) is 0 Å². The summed E-state index contributed by atoms with van der Waals surface area (Å²) in [6.07, 6.45) is 0.245. The second-order valence-corrected chi connectivity index (χ2v) is 5.20. The van der Waals surface area contributed by atoms with Crippen LogP contribution >= 0.6 is 11.6 Å². The first-order valence-corrected chi connectivity index (χ1v) is 6.92. The number of hydrogen-bond acceptors (Lipinski definition) is 3. The number of aryl methyl sites for hydroxylation is 1. The van der Waals surface area contributed by atoms with Gasteiger partial charge in [0.15, 0.2) is 5.78 Å². The van der Waals surface area contributed by atoms with Gasteiger partial charge >= 0.3 is 0 Å². The predicted octanol–water partition coefficient (Wildman–Crippen LogP) is 4.09. The summed E-state index contributed by atoms with van der Waals surface area (Å²) < 4.78 is 10.4. The van der Waals surface area contributed by atoms with E-state index >= 15 is 0 Å². The summed E-state index contributed by atoms with van der Waals surface area (Å²) in [5, 5.41) is 0.609. The fraction of sp³-hybridized carbons (Fsp3) is 0.235. The van der Waals surface area contributed by atoms with Gasteiger partial charge in [-0.25, -0.2) is 0 Å². The molecular weight excluding hydrogens is 288 g/mol. The minimum absolute atomic E-state index is 0.0297. The summed E-state index contributed by atoms with van der Waals surface area (Å²) in [4.78, 5) is 12.4. The largest absolute Gasteiger partial charge is 0.497 e. The standard InChI is InChI=1S/C17H17ClO3/c1-11-4-5-12(16(18)6-11)9-17(19)13-7-14(20-2)10-15(8-13)21-3/h4-8,10H,9H2,1-3H3. The number of Topliss-reactive ketones (excluding diaryl/α,β-unsaturated/α-hetero) is 1. The first-order valence-electron chi connectivity index (χ1n) is 6.55. The smallest absolute Gasteiger partial charge is 0.167 e. The van der Waals surface area contributed by atoms with Crippen molar-refractivity contribution in [3.05, 3.63) is 58.1 Å². The summed E-state index contributed by atoms with van der Waals surface area (Å²) in [5.74, 6) is 1.15. The quantitative estimate of drug-likeness (QED) is 0.780. The van der Waals surface area contributed by atoms with Gasteiger partial charge in [0, 0.05) is 23.1 Å². The number of carbonyl (C=O) groups is 1. The second kappa shape index (κ2) is 6.64. The molecule has 2 aromatic carbocycles. The van der Waals surface area contributed by atoms with E-state index in [1.165, 1.54) is 0 Å². The molecule has 110 valence electrons. The van der Waals surface area contributed by atoms with E-state index in [0.29, 0.717) is 22.1 Å². The fourth-order valence-corrected chi connectivity index (χ4v) is 2.34. The molecule has 0 saturated carbocycles. The Morgan fingerprint density at radius 1 is 1.05 bits per heavy atom. The van der Waals surface area contributed by atoms with Gasteiger partial charge in [-0.2, -0.15) is 0 Å². The average Bonchev–Trinajstić information content (AvgIpc) is 2.49. The molecule has 0 bridgehead atoms. The second-order valence-electron chi connectivity index (χ2n) is 4.80. The Hall–Kier alpha value is -2.00. The van der Waals surface area contributed by atoms with Crippen LogP contribution in [0.15, 0.2) is 36.4 Å². The lowest BCUT2D eigenvalue weighted by Gasteiger charge is -2.09. The van der Waals surface area contributed by atoms with Crippen molar-refractivity contribution >= 4 is 17.4 Å². The molecule has 0 aliphatic carbocycles. The van der Waals surface area contributed by atoms with E-state index in [2.05, 4.69) is 0 Å². The Bertz CT molecular complexity index is 643. The zero-order valence-electron chi connectivity index (χ0n) is 12.3. The van der Waals surface area contributed by atoms with E-state index < -0.39 is 0 Å². The lowest BCUT2D eigenvalue weighted by atomic mass is 10.0. The maximum atomic E-state index is 12.4. The molecule has 0 aromatic heterocycles. The van der Waals surface area contributed by atoms with Crippen LogP contribution in [0.5, 0.6) is 11.5 Å². The van der Waals surface area contributed by atoms with Crippen molar-refractivity contribution in [2.75, 3.05) is 14.2 Å². The minimum atomic E-state index is -0.0297. The van der Waals surface area contributed by atoms with E-state index in [4.69, 9.17) is 21.1 Å². The van der Waals surface area contributed by atoms with Gasteiger partial charge in [0.25, 0.3) is 0 Å². The monoisotopic (exact) mass is 304 g/mol. The van der Waals surface area contributed by atoms with Crippen LogP contribution in [0.4, 0.5) is 0 Å². The lowest BCUT2D eigenvalue weighted by molar-refractivity contribution is 0.0992. The highest BCUT2D eigenvalue weighted by Crippen LogP contribution is 2.25. The Balaban J connectivity index is 2.27. The van der Waals surface area contributed by atoms with Crippen LogP contribution in [0.2, 0.25) is 5.02 Å².